The molecule has 28 heavy (non-hydrogen) atoms. The quantitative estimate of drug-likeness (QED) is 0.743. The zero-order chi connectivity index (χ0) is 19.5. The monoisotopic (exact) mass is 377 g/mol. The molecule has 0 fully saturated rings. The fourth-order valence-electron chi connectivity index (χ4n) is 3.23. The Balaban J connectivity index is 1.45. The summed E-state index contributed by atoms with van der Waals surface area (Å²) in [7, 11) is 1.66. The topological polar surface area (TPSA) is 101 Å². The summed E-state index contributed by atoms with van der Waals surface area (Å²) in [5.41, 5.74) is 1.97. The van der Waals surface area contributed by atoms with Gasteiger partial charge in [-0.2, -0.15) is 0 Å². The van der Waals surface area contributed by atoms with Crippen LogP contribution in [0.1, 0.15) is 34.1 Å². The molecule has 0 unspecified atom stereocenters. The maximum atomic E-state index is 12.7. The molecule has 1 aromatic carbocycles. The molecule has 0 saturated carbocycles. The Bertz CT molecular complexity index is 1000. The molecule has 8 nitrogen and oxygen atoms in total. The summed E-state index contributed by atoms with van der Waals surface area (Å²) in [4.78, 5) is 31.0. The van der Waals surface area contributed by atoms with Crippen LogP contribution in [0.25, 0.3) is 0 Å². The predicted molar refractivity (Wildman–Crippen MR) is 101 cm³/mol. The molecule has 142 valence electrons. The van der Waals surface area contributed by atoms with Crippen LogP contribution < -0.4 is 10.2 Å². The van der Waals surface area contributed by atoms with Crippen molar-refractivity contribution in [2.24, 2.45) is 0 Å². The number of aryl methyl sites for hydroxylation is 1. The largest absolute Gasteiger partial charge is 0.417 e. The van der Waals surface area contributed by atoms with E-state index >= 15 is 0 Å². The standard InChI is InChI=1S/C20H19N5O3/c1-25-17-14(8-5-11-21-17)9-10-15(20(25)27)22-18(26)19-24-23-16(28-19)12-13-6-3-2-4-7-13/h2-8,11,15H,9-10,12H2,1H3,(H,22,26)/t15-/m1/s1. The molecule has 1 aliphatic heterocycles. The highest BCUT2D eigenvalue weighted by Gasteiger charge is 2.31. The molecule has 2 amide bonds. The number of nitrogens with zero attached hydrogens (tertiary/aromatic N) is 4. The molecule has 1 N–H and O–H groups in total. The summed E-state index contributed by atoms with van der Waals surface area (Å²) in [6.45, 7) is 0. The first kappa shape index (κ1) is 17.8. The Kier molecular flexibility index (Phi) is 4.84. The van der Waals surface area contributed by atoms with Crippen LogP contribution in [-0.2, 0) is 17.6 Å². The van der Waals surface area contributed by atoms with E-state index in [0.29, 0.717) is 31.0 Å². The summed E-state index contributed by atoms with van der Waals surface area (Å²) in [6.07, 6.45) is 3.19. The zero-order valence-electron chi connectivity index (χ0n) is 15.3. The Morgan fingerprint density at radius 2 is 2.04 bits per heavy atom. The highest BCUT2D eigenvalue weighted by atomic mass is 16.4. The van der Waals surface area contributed by atoms with Crippen molar-refractivity contribution in [2.75, 3.05) is 11.9 Å². The van der Waals surface area contributed by atoms with E-state index in [0.717, 1.165) is 11.1 Å². The van der Waals surface area contributed by atoms with E-state index in [-0.39, 0.29) is 11.8 Å². The van der Waals surface area contributed by atoms with Gasteiger partial charge < -0.3 is 9.73 Å². The van der Waals surface area contributed by atoms with Gasteiger partial charge in [0.1, 0.15) is 11.9 Å². The normalized spacial score (nSPS) is 16.4. The fraction of sp³-hybridized carbons (Fsp3) is 0.250. The number of hydrogen-bond donors (Lipinski definition) is 1. The van der Waals surface area contributed by atoms with E-state index in [1.54, 1.807) is 13.2 Å². The lowest BCUT2D eigenvalue weighted by Crippen LogP contribution is -2.47. The average Bonchev–Trinajstić information content (AvgIpc) is 3.15. The average molecular weight is 377 g/mol. The highest BCUT2D eigenvalue weighted by Crippen LogP contribution is 2.23. The van der Waals surface area contributed by atoms with Gasteiger partial charge in [0.15, 0.2) is 0 Å². The van der Waals surface area contributed by atoms with Crippen molar-refractivity contribution in [1.82, 2.24) is 20.5 Å². The number of anilines is 1. The van der Waals surface area contributed by atoms with E-state index in [4.69, 9.17) is 4.42 Å². The second-order valence-corrected chi connectivity index (χ2v) is 6.61. The maximum absolute atomic E-state index is 12.7. The lowest BCUT2D eigenvalue weighted by atomic mass is 10.1. The minimum atomic E-state index is -0.684. The number of fused-ring (bicyclic) bond motifs is 1. The van der Waals surface area contributed by atoms with E-state index in [1.807, 2.05) is 42.5 Å². The van der Waals surface area contributed by atoms with Gasteiger partial charge in [0.05, 0.1) is 6.42 Å². The van der Waals surface area contributed by atoms with Crippen LogP contribution in [0.4, 0.5) is 5.82 Å². The molecule has 0 spiro atoms. The highest BCUT2D eigenvalue weighted by molar-refractivity contribution is 6.01. The molecule has 4 rings (SSSR count). The molecule has 0 radical (unpaired) electrons. The van der Waals surface area contributed by atoms with Gasteiger partial charge in [-0.3, -0.25) is 14.5 Å². The number of amides is 2. The van der Waals surface area contributed by atoms with Crippen LogP contribution in [0.15, 0.2) is 53.1 Å². The van der Waals surface area contributed by atoms with Crippen molar-refractivity contribution >= 4 is 17.6 Å². The van der Waals surface area contributed by atoms with E-state index < -0.39 is 11.9 Å². The third-order valence-electron chi connectivity index (χ3n) is 4.68. The van der Waals surface area contributed by atoms with Crippen LogP contribution >= 0.6 is 0 Å². The molecule has 0 saturated heterocycles. The first-order chi connectivity index (χ1) is 13.6. The van der Waals surface area contributed by atoms with Gasteiger partial charge in [0.25, 0.3) is 0 Å². The molecule has 3 aromatic rings. The van der Waals surface area contributed by atoms with Gasteiger partial charge in [0, 0.05) is 13.2 Å². The molecule has 8 heteroatoms. The summed E-state index contributed by atoms with van der Waals surface area (Å²) >= 11 is 0. The second kappa shape index (κ2) is 7.59. The molecule has 3 heterocycles. The number of aromatic nitrogens is 3. The number of pyridine rings is 1. The van der Waals surface area contributed by atoms with Crippen LogP contribution in [0, 0.1) is 0 Å². The number of benzene rings is 1. The number of nitrogens with one attached hydrogen (secondary N) is 1. The van der Waals surface area contributed by atoms with Gasteiger partial charge in [0.2, 0.25) is 11.8 Å². The van der Waals surface area contributed by atoms with Gasteiger partial charge in [-0.25, -0.2) is 4.98 Å². The number of carbonyl (C=O) groups is 2. The van der Waals surface area contributed by atoms with Gasteiger partial charge in [-0.05, 0) is 30.0 Å². The SMILES string of the molecule is CN1C(=O)[C@H](NC(=O)c2nnc(Cc3ccccc3)o2)CCc2cccnc21. The Labute approximate surface area is 161 Å². The summed E-state index contributed by atoms with van der Waals surface area (Å²) < 4.78 is 5.47. The number of rotatable bonds is 4. The molecule has 1 aliphatic rings. The molecule has 2 aromatic heterocycles. The number of likely N-dealkylation sites (N-methyl/N-ethyl adjacent to an activating group) is 1. The lowest BCUT2D eigenvalue weighted by molar-refractivity contribution is -0.120. The predicted octanol–water partition coefficient (Wildman–Crippen LogP) is 1.76. The minimum Gasteiger partial charge on any atom is -0.417 e. The Hall–Kier alpha value is -3.55. The van der Waals surface area contributed by atoms with Crippen LogP contribution in [-0.4, -0.2) is 40.1 Å². The van der Waals surface area contributed by atoms with Crippen molar-refractivity contribution in [2.45, 2.75) is 25.3 Å². The van der Waals surface area contributed by atoms with Crippen molar-refractivity contribution in [3.63, 3.8) is 0 Å². The van der Waals surface area contributed by atoms with Gasteiger partial charge in [-0.15, -0.1) is 10.2 Å². The first-order valence-corrected chi connectivity index (χ1v) is 9.00. The molecular formula is C20H19N5O3. The summed E-state index contributed by atoms with van der Waals surface area (Å²) in [5.74, 6) is 0.0259. The van der Waals surface area contributed by atoms with Crippen molar-refractivity contribution in [3.8, 4) is 0 Å². The molecular weight excluding hydrogens is 358 g/mol. The van der Waals surface area contributed by atoms with Crippen molar-refractivity contribution < 1.29 is 14.0 Å². The Morgan fingerprint density at radius 1 is 1.21 bits per heavy atom. The van der Waals surface area contributed by atoms with Gasteiger partial charge in [-0.1, -0.05) is 36.4 Å². The molecule has 0 bridgehead atoms. The zero-order valence-corrected chi connectivity index (χ0v) is 15.3. The van der Waals surface area contributed by atoms with Crippen LogP contribution in [0.5, 0.6) is 0 Å². The van der Waals surface area contributed by atoms with Crippen LogP contribution in [0.3, 0.4) is 0 Å². The Morgan fingerprint density at radius 3 is 2.86 bits per heavy atom. The molecule has 1 atom stereocenters. The first-order valence-electron chi connectivity index (χ1n) is 9.00. The van der Waals surface area contributed by atoms with E-state index in [9.17, 15) is 9.59 Å². The number of carbonyl (C=O) groups excluding carboxylic acids is 2. The van der Waals surface area contributed by atoms with Crippen molar-refractivity contribution in [1.29, 1.82) is 0 Å². The van der Waals surface area contributed by atoms with Crippen LogP contribution in [0.2, 0.25) is 0 Å². The molecule has 0 aliphatic carbocycles. The second-order valence-electron chi connectivity index (χ2n) is 6.61. The van der Waals surface area contributed by atoms with E-state index in [1.165, 1.54) is 4.90 Å². The third-order valence-corrected chi connectivity index (χ3v) is 4.68. The van der Waals surface area contributed by atoms with E-state index in [2.05, 4.69) is 20.5 Å². The van der Waals surface area contributed by atoms with Gasteiger partial charge >= 0.3 is 11.8 Å². The summed E-state index contributed by atoms with van der Waals surface area (Å²) in [5, 5.41) is 10.5. The maximum Gasteiger partial charge on any atom is 0.309 e. The number of hydrogen-bond acceptors (Lipinski definition) is 6. The third kappa shape index (κ3) is 3.62. The lowest BCUT2D eigenvalue weighted by Gasteiger charge is -2.20. The fourth-order valence-corrected chi connectivity index (χ4v) is 3.23. The van der Waals surface area contributed by atoms with Crippen molar-refractivity contribution in [3.05, 3.63) is 71.6 Å². The summed E-state index contributed by atoms with van der Waals surface area (Å²) in [6, 6.07) is 12.7. The smallest absolute Gasteiger partial charge is 0.309 e. The minimum absolute atomic E-state index is 0.152.